The number of anilines is 2. The van der Waals surface area contributed by atoms with Gasteiger partial charge in [-0.2, -0.15) is 0 Å². The number of aliphatic hydroxyl groups excluding tert-OH is 1. The summed E-state index contributed by atoms with van der Waals surface area (Å²) in [6, 6.07) is 15.6. The number of para-hydroxylation sites is 2. The van der Waals surface area contributed by atoms with Gasteiger partial charge in [0.05, 0.1) is 33.9 Å². The van der Waals surface area contributed by atoms with E-state index >= 15 is 0 Å². The van der Waals surface area contributed by atoms with Gasteiger partial charge in [-0.3, -0.25) is 14.4 Å². The number of carbonyl (C=O) groups is 3. The summed E-state index contributed by atoms with van der Waals surface area (Å²) in [6.45, 7) is 9.99. The Balaban J connectivity index is 1.59. The Kier molecular flexibility index (Phi) is 8.13. The number of likely N-dealkylation sites (tertiary alicyclic amines) is 1. The molecule has 1 N–H and O–H groups in total. The number of hydrogen-bond acceptors (Lipinski definition) is 5. The summed E-state index contributed by atoms with van der Waals surface area (Å²) < 4.78 is -0.814. The van der Waals surface area contributed by atoms with Gasteiger partial charge in [-0.05, 0) is 36.6 Å². The van der Waals surface area contributed by atoms with E-state index in [1.165, 1.54) is 4.90 Å². The van der Waals surface area contributed by atoms with E-state index in [2.05, 4.69) is 20.1 Å². The van der Waals surface area contributed by atoms with Crippen LogP contribution in [0.5, 0.6) is 0 Å². The topological polar surface area (TPSA) is 81.2 Å². The van der Waals surface area contributed by atoms with Crippen molar-refractivity contribution in [3.05, 3.63) is 84.9 Å². The molecule has 0 radical (unpaired) electrons. The average Bonchev–Trinajstić information content (AvgIpc) is 3.54. The fourth-order valence-electron chi connectivity index (χ4n) is 6.92. The van der Waals surface area contributed by atoms with E-state index in [0.29, 0.717) is 23.7 Å². The Labute approximate surface area is 244 Å². The molecule has 40 heavy (non-hydrogen) atoms. The van der Waals surface area contributed by atoms with Crippen molar-refractivity contribution in [1.82, 2.24) is 4.90 Å². The van der Waals surface area contributed by atoms with Crippen molar-refractivity contribution in [2.75, 3.05) is 36.0 Å². The molecule has 3 unspecified atom stereocenters. The van der Waals surface area contributed by atoms with Crippen LogP contribution in [0.25, 0.3) is 0 Å². The van der Waals surface area contributed by atoms with E-state index in [4.69, 9.17) is 11.6 Å². The predicted octanol–water partition coefficient (Wildman–Crippen LogP) is 4.41. The zero-order chi connectivity index (χ0) is 28.6. The first-order valence-corrected chi connectivity index (χ1v) is 14.8. The molecule has 3 heterocycles. The van der Waals surface area contributed by atoms with E-state index in [0.717, 1.165) is 5.69 Å². The zero-order valence-electron chi connectivity index (χ0n) is 22.5. The van der Waals surface area contributed by atoms with Crippen molar-refractivity contribution in [3.63, 3.8) is 0 Å². The highest BCUT2D eigenvalue weighted by molar-refractivity contribution is 8.02. The van der Waals surface area contributed by atoms with Crippen LogP contribution in [0.4, 0.5) is 11.4 Å². The molecule has 3 fully saturated rings. The number of amides is 3. The lowest BCUT2D eigenvalue weighted by molar-refractivity contribution is -0.139. The van der Waals surface area contributed by atoms with Gasteiger partial charge in [0.15, 0.2) is 0 Å². The number of fused-ring (bicyclic) bond motifs is 1. The number of hydrogen-bond donors (Lipinski definition) is 1. The maximum absolute atomic E-state index is 14.5. The SMILES string of the molecule is C=CCN(C(=O)[C@@H]1[C@@H]2CC(C)C3(S2)C(C(=O)N(CC=C)c2ccccc2Cl)N(CCO)C(=O)[C@H]13)c1ccccc1. The average molecular weight is 580 g/mol. The monoisotopic (exact) mass is 579 g/mol. The number of β-amino-alcohol motifs (C(OH)–C–C–N with tert-alkyl or cyclic N) is 1. The van der Waals surface area contributed by atoms with Crippen LogP contribution < -0.4 is 9.80 Å². The molecule has 2 aromatic carbocycles. The lowest BCUT2D eigenvalue weighted by Crippen LogP contribution is -2.58. The molecule has 3 amide bonds. The summed E-state index contributed by atoms with van der Waals surface area (Å²) in [6.07, 6.45) is 4.03. The summed E-state index contributed by atoms with van der Waals surface area (Å²) >= 11 is 8.13. The van der Waals surface area contributed by atoms with Crippen LogP contribution in [-0.2, 0) is 14.4 Å². The van der Waals surface area contributed by atoms with Crippen LogP contribution in [-0.4, -0.2) is 70.0 Å². The number of nitrogens with zero attached hydrogens (tertiary/aromatic N) is 3. The summed E-state index contributed by atoms with van der Waals surface area (Å²) in [4.78, 5) is 47.8. The first-order valence-electron chi connectivity index (χ1n) is 13.5. The Morgan fingerprint density at radius 3 is 2.38 bits per heavy atom. The van der Waals surface area contributed by atoms with Gasteiger partial charge in [-0.15, -0.1) is 24.9 Å². The van der Waals surface area contributed by atoms with Gasteiger partial charge in [-0.1, -0.05) is 61.0 Å². The molecule has 0 aromatic heterocycles. The maximum Gasteiger partial charge on any atom is 0.251 e. The van der Waals surface area contributed by atoms with E-state index in [1.54, 1.807) is 51.9 Å². The van der Waals surface area contributed by atoms with Gasteiger partial charge in [0, 0.05) is 30.6 Å². The largest absolute Gasteiger partial charge is 0.395 e. The van der Waals surface area contributed by atoms with Crippen LogP contribution >= 0.6 is 23.4 Å². The first-order chi connectivity index (χ1) is 19.3. The first kappa shape index (κ1) is 28.5. The van der Waals surface area contributed by atoms with Crippen LogP contribution in [0.1, 0.15) is 13.3 Å². The molecule has 2 bridgehead atoms. The second kappa shape index (κ2) is 11.4. The van der Waals surface area contributed by atoms with Crippen LogP contribution in [0, 0.1) is 17.8 Å². The van der Waals surface area contributed by atoms with Crippen molar-refractivity contribution in [3.8, 4) is 0 Å². The second-order valence-corrected chi connectivity index (χ2v) is 12.5. The van der Waals surface area contributed by atoms with Crippen LogP contribution in [0.3, 0.4) is 0 Å². The van der Waals surface area contributed by atoms with Gasteiger partial charge in [-0.25, -0.2) is 0 Å². The molecular weight excluding hydrogens is 546 g/mol. The summed E-state index contributed by atoms with van der Waals surface area (Å²) in [5.41, 5.74) is 1.27. The molecular formula is C31H34ClN3O4S. The predicted molar refractivity (Wildman–Crippen MR) is 160 cm³/mol. The molecule has 6 atom stereocenters. The number of carbonyl (C=O) groups excluding carboxylic acids is 3. The molecule has 3 aliphatic heterocycles. The van der Waals surface area contributed by atoms with Crippen molar-refractivity contribution in [2.24, 2.45) is 17.8 Å². The van der Waals surface area contributed by atoms with Gasteiger partial charge < -0.3 is 19.8 Å². The van der Waals surface area contributed by atoms with E-state index in [-0.39, 0.29) is 48.6 Å². The molecule has 9 heteroatoms. The maximum atomic E-state index is 14.5. The number of thioether (sulfide) groups is 1. The molecule has 2 aromatic rings. The number of rotatable bonds is 10. The molecule has 7 nitrogen and oxygen atoms in total. The normalized spacial score (nSPS) is 28.3. The molecule has 3 saturated heterocycles. The van der Waals surface area contributed by atoms with E-state index in [9.17, 15) is 19.5 Å². The fourth-order valence-corrected chi connectivity index (χ4v) is 9.57. The molecule has 1 spiro atoms. The van der Waals surface area contributed by atoms with E-state index in [1.807, 2.05) is 36.4 Å². The van der Waals surface area contributed by atoms with Gasteiger partial charge in [0.25, 0.3) is 5.91 Å². The number of benzene rings is 2. The van der Waals surface area contributed by atoms with Gasteiger partial charge >= 0.3 is 0 Å². The van der Waals surface area contributed by atoms with Crippen LogP contribution in [0.15, 0.2) is 79.9 Å². The van der Waals surface area contributed by atoms with Crippen molar-refractivity contribution in [1.29, 1.82) is 0 Å². The summed E-state index contributed by atoms with van der Waals surface area (Å²) in [5, 5.41) is 10.3. The summed E-state index contributed by atoms with van der Waals surface area (Å²) in [5.74, 6) is -1.96. The quantitative estimate of drug-likeness (QED) is 0.422. The Morgan fingerprint density at radius 1 is 1.07 bits per heavy atom. The summed E-state index contributed by atoms with van der Waals surface area (Å²) in [7, 11) is 0. The standard InChI is InChI=1S/C31H34ClN3O4S/c1-4-15-33(21-11-7-6-8-12-21)28(37)25-24-19-20(3)31(40-24)26(25)29(38)35(17-18-36)27(31)30(39)34(16-5-2)23-14-10-9-13-22(23)32/h4-14,20,24-27,36H,1-2,15-19H2,3H3/t20?,24-,25+,26-,27?,31?/m0/s1. The lowest BCUT2D eigenvalue weighted by atomic mass is 9.65. The minimum atomic E-state index is -0.860. The third kappa shape index (κ3) is 4.37. The fraction of sp³-hybridized carbons (Fsp3) is 0.387. The van der Waals surface area contributed by atoms with Crippen molar-refractivity contribution >= 4 is 52.5 Å². The van der Waals surface area contributed by atoms with Gasteiger partial charge in [0.1, 0.15) is 6.04 Å². The second-order valence-electron chi connectivity index (χ2n) is 10.6. The number of halogens is 1. The van der Waals surface area contributed by atoms with Crippen molar-refractivity contribution in [2.45, 2.75) is 29.4 Å². The van der Waals surface area contributed by atoms with E-state index < -0.39 is 22.6 Å². The highest BCUT2D eigenvalue weighted by atomic mass is 35.5. The molecule has 0 aliphatic carbocycles. The molecule has 5 rings (SSSR count). The Bertz CT molecular complexity index is 1320. The van der Waals surface area contributed by atoms with Gasteiger partial charge in [0.2, 0.25) is 11.8 Å². The smallest absolute Gasteiger partial charge is 0.251 e. The zero-order valence-corrected chi connectivity index (χ0v) is 24.1. The lowest BCUT2D eigenvalue weighted by Gasteiger charge is -2.41. The molecule has 210 valence electrons. The number of aliphatic hydroxyl groups is 1. The highest BCUT2D eigenvalue weighted by Gasteiger charge is 2.76. The third-order valence-electron chi connectivity index (χ3n) is 8.47. The minimum absolute atomic E-state index is 0.000418. The molecule has 0 saturated carbocycles. The third-order valence-corrected chi connectivity index (χ3v) is 10.9. The van der Waals surface area contributed by atoms with Crippen molar-refractivity contribution < 1.29 is 19.5 Å². The van der Waals surface area contributed by atoms with Crippen LogP contribution in [0.2, 0.25) is 5.02 Å². The molecule has 3 aliphatic rings. The Morgan fingerprint density at radius 2 is 1.73 bits per heavy atom. The Hall–Kier alpha value is -3.07. The highest BCUT2D eigenvalue weighted by Crippen LogP contribution is 2.69. The minimum Gasteiger partial charge on any atom is -0.395 e.